The number of ether oxygens (including phenoxy) is 1. The molecule has 0 bridgehead atoms. The fourth-order valence-corrected chi connectivity index (χ4v) is 8.60. The van der Waals surface area contributed by atoms with E-state index < -0.39 is 8.07 Å². The monoisotopic (exact) mass is 386 g/mol. The standard InChI is InChI=1S/C19H34O2S2Si/c1-19(2,3)12-21-18(22)23-13(11-24(4,5)6)10-16-14-8-7-9-15(14)17(16)20/h13-16H,7-12H2,1-6H3/t13?,14-,15+,16?/m0/s1. The third-order valence-corrected chi connectivity index (χ3v) is 8.48. The summed E-state index contributed by atoms with van der Waals surface area (Å²) in [5, 5.41) is 0.444. The molecule has 2 nitrogen and oxygen atoms in total. The topological polar surface area (TPSA) is 26.3 Å². The van der Waals surface area contributed by atoms with Gasteiger partial charge in [0, 0.05) is 25.2 Å². The van der Waals surface area contributed by atoms with Gasteiger partial charge in [0.05, 0.1) is 6.61 Å². The van der Waals surface area contributed by atoms with Crippen molar-refractivity contribution in [1.29, 1.82) is 0 Å². The van der Waals surface area contributed by atoms with Crippen LogP contribution in [0.5, 0.6) is 0 Å². The Kier molecular flexibility index (Phi) is 6.63. The van der Waals surface area contributed by atoms with Crippen LogP contribution in [0.3, 0.4) is 0 Å². The van der Waals surface area contributed by atoms with Crippen molar-refractivity contribution >= 4 is 42.2 Å². The number of thioether (sulfide) groups is 1. The highest BCUT2D eigenvalue weighted by atomic mass is 32.2. The van der Waals surface area contributed by atoms with E-state index in [1.807, 2.05) is 0 Å². The molecule has 0 spiro atoms. The first kappa shape index (κ1) is 20.4. The molecule has 0 heterocycles. The molecule has 4 atom stereocenters. The van der Waals surface area contributed by atoms with Crippen molar-refractivity contribution in [2.24, 2.45) is 23.2 Å². The predicted molar refractivity (Wildman–Crippen MR) is 111 cm³/mol. The van der Waals surface area contributed by atoms with Gasteiger partial charge < -0.3 is 4.74 Å². The number of thiocarbonyl (C=S) groups is 1. The van der Waals surface area contributed by atoms with Crippen LogP contribution in [-0.2, 0) is 9.53 Å². The molecule has 2 fully saturated rings. The maximum absolute atomic E-state index is 12.4. The van der Waals surface area contributed by atoms with E-state index in [-0.39, 0.29) is 5.41 Å². The van der Waals surface area contributed by atoms with Gasteiger partial charge in [-0.3, -0.25) is 4.79 Å². The summed E-state index contributed by atoms with van der Waals surface area (Å²) in [6, 6.07) is 1.21. The quantitative estimate of drug-likeness (QED) is 0.427. The minimum absolute atomic E-state index is 0.125. The van der Waals surface area contributed by atoms with Crippen molar-refractivity contribution in [2.75, 3.05) is 6.61 Å². The Labute approximate surface area is 158 Å². The molecule has 5 heteroatoms. The Hall–Kier alpha value is 0.127. The van der Waals surface area contributed by atoms with E-state index in [9.17, 15) is 4.79 Å². The number of fused-ring (bicyclic) bond motifs is 1. The Morgan fingerprint density at radius 2 is 2.00 bits per heavy atom. The summed E-state index contributed by atoms with van der Waals surface area (Å²) in [7, 11) is -1.21. The van der Waals surface area contributed by atoms with Crippen LogP contribution in [0.2, 0.25) is 25.7 Å². The summed E-state index contributed by atoms with van der Waals surface area (Å²) in [6.45, 7) is 14.3. The van der Waals surface area contributed by atoms with Gasteiger partial charge in [-0.25, -0.2) is 0 Å². The molecule has 138 valence electrons. The normalized spacial score (nSPS) is 28.2. The van der Waals surface area contributed by atoms with Crippen LogP contribution in [0.15, 0.2) is 0 Å². The molecular weight excluding hydrogens is 352 g/mol. The lowest BCUT2D eigenvalue weighted by Crippen LogP contribution is -2.46. The smallest absolute Gasteiger partial charge is 0.220 e. The lowest BCUT2D eigenvalue weighted by molar-refractivity contribution is -0.141. The number of carbonyl (C=O) groups is 1. The van der Waals surface area contributed by atoms with Gasteiger partial charge in [-0.2, -0.15) is 0 Å². The predicted octanol–water partition coefficient (Wildman–Crippen LogP) is 5.78. The minimum Gasteiger partial charge on any atom is -0.478 e. The molecule has 0 aromatic heterocycles. The maximum atomic E-state index is 12.4. The van der Waals surface area contributed by atoms with E-state index in [0.717, 1.165) is 12.8 Å². The molecule has 0 aliphatic heterocycles. The lowest BCUT2D eigenvalue weighted by Gasteiger charge is -2.41. The van der Waals surface area contributed by atoms with Crippen molar-refractivity contribution in [3.05, 3.63) is 0 Å². The first-order valence-electron chi connectivity index (χ1n) is 9.33. The van der Waals surface area contributed by atoms with E-state index in [1.54, 1.807) is 11.8 Å². The largest absolute Gasteiger partial charge is 0.478 e. The van der Waals surface area contributed by atoms with Crippen LogP contribution in [-0.4, -0.2) is 30.1 Å². The summed E-state index contributed by atoms with van der Waals surface area (Å²) in [5.41, 5.74) is 0.125. The summed E-state index contributed by atoms with van der Waals surface area (Å²) < 4.78 is 6.49. The number of hydrogen-bond donors (Lipinski definition) is 0. The highest BCUT2D eigenvalue weighted by molar-refractivity contribution is 8.23. The van der Waals surface area contributed by atoms with E-state index >= 15 is 0 Å². The molecule has 0 aromatic rings. The Bertz CT molecular complexity index is 479. The number of Topliss-reactive ketones (excluding diaryl/α,β-unsaturated/α-hetero) is 1. The van der Waals surface area contributed by atoms with Crippen LogP contribution in [0.25, 0.3) is 0 Å². The van der Waals surface area contributed by atoms with E-state index in [0.29, 0.717) is 39.8 Å². The average Bonchev–Trinajstić information content (AvgIpc) is 2.84. The molecule has 2 unspecified atom stereocenters. The molecule has 0 amide bonds. The van der Waals surface area contributed by atoms with Crippen LogP contribution in [0.1, 0.15) is 46.5 Å². The van der Waals surface area contributed by atoms with Gasteiger partial charge in [0.25, 0.3) is 0 Å². The third kappa shape index (κ3) is 5.84. The van der Waals surface area contributed by atoms with Gasteiger partial charge in [0.15, 0.2) is 0 Å². The SMILES string of the molecule is CC(C)(C)COC(=S)SC(CC1C(=O)[C@@H]2CCC[C@H]12)C[Si](C)(C)C. The Balaban J connectivity index is 1.92. The zero-order chi connectivity index (χ0) is 18.1. The van der Waals surface area contributed by atoms with Crippen molar-refractivity contribution in [1.82, 2.24) is 0 Å². The second-order valence-corrected chi connectivity index (χ2v) is 17.5. The first-order chi connectivity index (χ1) is 11.0. The van der Waals surface area contributed by atoms with Crippen molar-refractivity contribution in [2.45, 2.75) is 77.4 Å². The number of hydrogen-bond acceptors (Lipinski definition) is 4. The van der Waals surface area contributed by atoms with Crippen LogP contribution in [0.4, 0.5) is 0 Å². The number of carbonyl (C=O) groups excluding carboxylic acids is 1. The Morgan fingerprint density at radius 1 is 1.33 bits per heavy atom. The molecule has 2 aliphatic carbocycles. The molecule has 0 radical (unpaired) electrons. The van der Waals surface area contributed by atoms with Crippen molar-refractivity contribution < 1.29 is 9.53 Å². The summed E-state index contributed by atoms with van der Waals surface area (Å²) >= 11 is 7.21. The van der Waals surface area contributed by atoms with Crippen LogP contribution < -0.4 is 0 Å². The molecule has 24 heavy (non-hydrogen) atoms. The highest BCUT2D eigenvalue weighted by Crippen LogP contribution is 2.51. The second-order valence-electron chi connectivity index (χ2n) is 10.0. The summed E-state index contributed by atoms with van der Waals surface area (Å²) in [5.74, 6) is 1.92. The fourth-order valence-electron chi connectivity index (χ4n) is 4.07. The average molecular weight is 387 g/mol. The molecule has 0 saturated heterocycles. The van der Waals surface area contributed by atoms with Gasteiger partial charge in [0.1, 0.15) is 5.78 Å². The summed E-state index contributed by atoms with van der Waals surface area (Å²) in [6.07, 6.45) is 4.65. The molecule has 2 saturated carbocycles. The molecule has 2 aliphatic rings. The minimum atomic E-state index is -1.21. The van der Waals surface area contributed by atoms with E-state index in [4.69, 9.17) is 17.0 Å². The third-order valence-electron chi connectivity index (χ3n) is 5.06. The molecule has 0 aromatic carbocycles. The first-order valence-corrected chi connectivity index (χ1v) is 14.3. The summed E-state index contributed by atoms with van der Waals surface area (Å²) in [4.78, 5) is 12.4. The van der Waals surface area contributed by atoms with Gasteiger partial charge >= 0.3 is 0 Å². The molecular formula is C19H34O2S2Si. The number of rotatable bonds is 6. The Morgan fingerprint density at radius 3 is 2.58 bits per heavy atom. The highest BCUT2D eigenvalue weighted by Gasteiger charge is 2.52. The van der Waals surface area contributed by atoms with Gasteiger partial charge in [-0.1, -0.05) is 58.6 Å². The van der Waals surface area contributed by atoms with Gasteiger partial charge in [-0.05, 0) is 48.9 Å². The number of ketones is 1. The van der Waals surface area contributed by atoms with Crippen molar-refractivity contribution in [3.8, 4) is 0 Å². The zero-order valence-electron chi connectivity index (χ0n) is 16.2. The van der Waals surface area contributed by atoms with E-state index in [2.05, 4.69) is 40.4 Å². The second kappa shape index (κ2) is 7.79. The van der Waals surface area contributed by atoms with E-state index in [1.165, 1.54) is 18.9 Å². The van der Waals surface area contributed by atoms with Crippen molar-refractivity contribution in [3.63, 3.8) is 0 Å². The molecule has 2 rings (SSSR count). The van der Waals surface area contributed by atoms with Crippen LogP contribution in [0, 0.1) is 23.2 Å². The maximum Gasteiger partial charge on any atom is 0.220 e. The lowest BCUT2D eigenvalue weighted by atomic mass is 9.64. The molecule has 0 N–H and O–H groups in total. The zero-order valence-corrected chi connectivity index (χ0v) is 18.8. The van der Waals surface area contributed by atoms with Gasteiger partial charge in [0.2, 0.25) is 4.38 Å². The van der Waals surface area contributed by atoms with Gasteiger partial charge in [-0.15, -0.1) is 0 Å². The fraction of sp³-hybridized carbons (Fsp3) is 0.895. The van der Waals surface area contributed by atoms with Crippen LogP contribution >= 0.6 is 24.0 Å².